The van der Waals surface area contributed by atoms with Gasteiger partial charge in [-0.2, -0.15) is 0 Å². The molecule has 1 N–H and O–H groups in total. The Kier molecular flexibility index (Phi) is 2.95. The molecule has 2 amide bonds. The molecule has 3 nitrogen and oxygen atoms in total. The number of carbonyl (C=O) groups excluding carboxylic acids is 1. The predicted octanol–water partition coefficient (Wildman–Crippen LogP) is 1.45. The number of rotatable bonds is 2. The van der Waals surface area contributed by atoms with Gasteiger partial charge in [0.15, 0.2) is 0 Å². The third-order valence-corrected chi connectivity index (χ3v) is 2.49. The van der Waals surface area contributed by atoms with E-state index in [9.17, 15) is 4.79 Å². The second-order valence-corrected chi connectivity index (χ2v) is 3.82. The molecule has 0 aromatic rings. The first kappa shape index (κ1) is 9.36. The van der Waals surface area contributed by atoms with Crippen LogP contribution in [0.1, 0.15) is 27.2 Å². The first-order chi connectivity index (χ1) is 5.61. The lowest BCUT2D eigenvalue weighted by Gasteiger charge is -2.32. The molecule has 0 bridgehead atoms. The highest BCUT2D eigenvalue weighted by Gasteiger charge is 2.21. The highest BCUT2D eigenvalue weighted by atomic mass is 16.2. The zero-order chi connectivity index (χ0) is 9.14. The SMILES string of the molecule is CC(C)[C@H](C)NC(=O)N1CCC1. The monoisotopic (exact) mass is 170 g/mol. The second-order valence-electron chi connectivity index (χ2n) is 3.82. The van der Waals surface area contributed by atoms with Crippen LogP contribution in [0, 0.1) is 5.92 Å². The summed E-state index contributed by atoms with van der Waals surface area (Å²) in [6.07, 6.45) is 1.16. The summed E-state index contributed by atoms with van der Waals surface area (Å²) in [5, 5.41) is 2.97. The Bertz CT molecular complexity index is 164. The Balaban J connectivity index is 2.25. The van der Waals surface area contributed by atoms with E-state index < -0.39 is 0 Å². The summed E-state index contributed by atoms with van der Waals surface area (Å²) in [6, 6.07) is 0.376. The normalized spacial score (nSPS) is 18.8. The molecule has 0 aliphatic carbocycles. The van der Waals surface area contributed by atoms with Crippen molar-refractivity contribution < 1.29 is 4.79 Å². The molecule has 1 rings (SSSR count). The number of nitrogens with zero attached hydrogens (tertiary/aromatic N) is 1. The van der Waals surface area contributed by atoms with E-state index in [4.69, 9.17) is 0 Å². The molecule has 0 unspecified atom stereocenters. The number of urea groups is 1. The maximum Gasteiger partial charge on any atom is 0.317 e. The molecular weight excluding hydrogens is 152 g/mol. The minimum Gasteiger partial charge on any atom is -0.335 e. The zero-order valence-corrected chi connectivity index (χ0v) is 8.13. The van der Waals surface area contributed by atoms with E-state index in [1.807, 2.05) is 11.8 Å². The minimum atomic E-state index is 0.0995. The molecular formula is C9H18N2O. The van der Waals surface area contributed by atoms with Crippen LogP contribution in [-0.4, -0.2) is 30.1 Å². The van der Waals surface area contributed by atoms with Crippen molar-refractivity contribution in [1.29, 1.82) is 0 Å². The maximum absolute atomic E-state index is 11.4. The molecule has 70 valence electrons. The Hall–Kier alpha value is -0.730. The predicted molar refractivity (Wildman–Crippen MR) is 49.0 cm³/mol. The third kappa shape index (κ3) is 2.13. The molecule has 0 aromatic carbocycles. The van der Waals surface area contributed by atoms with Crippen LogP contribution in [0.4, 0.5) is 4.79 Å². The molecule has 3 heteroatoms. The lowest BCUT2D eigenvalue weighted by Crippen LogP contribution is -2.51. The smallest absolute Gasteiger partial charge is 0.317 e. The van der Waals surface area contributed by atoms with Gasteiger partial charge in [-0.05, 0) is 19.3 Å². The largest absolute Gasteiger partial charge is 0.335 e. The van der Waals surface area contributed by atoms with Gasteiger partial charge < -0.3 is 10.2 Å². The fraction of sp³-hybridized carbons (Fsp3) is 0.889. The maximum atomic E-state index is 11.4. The topological polar surface area (TPSA) is 32.3 Å². The van der Waals surface area contributed by atoms with Gasteiger partial charge in [0.1, 0.15) is 0 Å². The third-order valence-electron chi connectivity index (χ3n) is 2.49. The van der Waals surface area contributed by atoms with Gasteiger partial charge in [0.25, 0.3) is 0 Å². The molecule has 0 spiro atoms. The molecule has 0 aromatic heterocycles. The van der Waals surface area contributed by atoms with Gasteiger partial charge in [-0.3, -0.25) is 0 Å². The lowest BCUT2D eigenvalue weighted by atomic mass is 10.1. The molecule has 1 aliphatic heterocycles. The van der Waals surface area contributed by atoms with E-state index in [0.29, 0.717) is 5.92 Å². The summed E-state index contributed by atoms with van der Waals surface area (Å²) in [4.78, 5) is 13.2. The number of nitrogens with one attached hydrogen (secondary N) is 1. The van der Waals surface area contributed by atoms with E-state index in [0.717, 1.165) is 19.5 Å². The van der Waals surface area contributed by atoms with Gasteiger partial charge in [0.2, 0.25) is 0 Å². The van der Waals surface area contributed by atoms with Crippen molar-refractivity contribution in [3.05, 3.63) is 0 Å². The van der Waals surface area contributed by atoms with Gasteiger partial charge in [-0.15, -0.1) is 0 Å². The first-order valence-corrected chi connectivity index (χ1v) is 4.66. The number of amides is 2. The van der Waals surface area contributed by atoms with Crippen LogP contribution in [0.25, 0.3) is 0 Å². The highest BCUT2D eigenvalue weighted by Crippen LogP contribution is 2.07. The van der Waals surface area contributed by atoms with Crippen molar-refractivity contribution in [3.8, 4) is 0 Å². The Labute approximate surface area is 74.1 Å². The highest BCUT2D eigenvalue weighted by molar-refractivity contribution is 5.75. The van der Waals surface area contributed by atoms with Crippen molar-refractivity contribution in [2.24, 2.45) is 5.92 Å². The lowest BCUT2D eigenvalue weighted by molar-refractivity contribution is 0.162. The number of likely N-dealkylation sites (tertiary alicyclic amines) is 1. The van der Waals surface area contributed by atoms with Crippen molar-refractivity contribution >= 4 is 6.03 Å². The zero-order valence-electron chi connectivity index (χ0n) is 8.13. The molecule has 1 fully saturated rings. The minimum absolute atomic E-state index is 0.0995. The molecule has 1 atom stereocenters. The molecule has 1 saturated heterocycles. The van der Waals surface area contributed by atoms with Gasteiger partial charge in [0, 0.05) is 19.1 Å². The van der Waals surface area contributed by atoms with Gasteiger partial charge in [0.05, 0.1) is 0 Å². The van der Waals surface area contributed by atoms with Crippen LogP contribution in [0.5, 0.6) is 0 Å². The first-order valence-electron chi connectivity index (χ1n) is 4.66. The second kappa shape index (κ2) is 3.78. The molecule has 0 radical (unpaired) electrons. The Morgan fingerprint density at radius 1 is 1.33 bits per heavy atom. The van der Waals surface area contributed by atoms with Crippen LogP contribution >= 0.6 is 0 Å². The number of carbonyl (C=O) groups is 1. The standard InChI is InChI=1S/C9H18N2O/c1-7(2)8(3)10-9(12)11-5-4-6-11/h7-8H,4-6H2,1-3H3,(H,10,12)/t8-/m0/s1. The van der Waals surface area contributed by atoms with Crippen molar-refractivity contribution in [3.63, 3.8) is 0 Å². The molecule has 1 heterocycles. The average molecular weight is 170 g/mol. The van der Waals surface area contributed by atoms with Gasteiger partial charge >= 0.3 is 6.03 Å². The summed E-state index contributed by atoms with van der Waals surface area (Å²) < 4.78 is 0. The fourth-order valence-corrected chi connectivity index (χ4v) is 0.972. The van der Waals surface area contributed by atoms with Gasteiger partial charge in [-0.1, -0.05) is 13.8 Å². The van der Waals surface area contributed by atoms with E-state index in [1.54, 1.807) is 0 Å². The fourth-order valence-electron chi connectivity index (χ4n) is 0.972. The van der Waals surface area contributed by atoms with Crippen LogP contribution in [-0.2, 0) is 0 Å². The van der Waals surface area contributed by atoms with Crippen molar-refractivity contribution in [2.75, 3.05) is 13.1 Å². The van der Waals surface area contributed by atoms with Crippen LogP contribution in [0.3, 0.4) is 0 Å². The summed E-state index contributed by atoms with van der Waals surface area (Å²) >= 11 is 0. The van der Waals surface area contributed by atoms with Crippen molar-refractivity contribution in [2.45, 2.75) is 33.2 Å². The van der Waals surface area contributed by atoms with Gasteiger partial charge in [-0.25, -0.2) is 4.79 Å². The van der Waals surface area contributed by atoms with Crippen molar-refractivity contribution in [1.82, 2.24) is 10.2 Å². The van der Waals surface area contributed by atoms with E-state index >= 15 is 0 Å². The van der Waals surface area contributed by atoms with E-state index in [-0.39, 0.29) is 12.1 Å². The molecule has 12 heavy (non-hydrogen) atoms. The van der Waals surface area contributed by atoms with E-state index in [1.165, 1.54) is 0 Å². The summed E-state index contributed by atoms with van der Waals surface area (Å²) in [6.45, 7) is 8.12. The summed E-state index contributed by atoms with van der Waals surface area (Å²) in [5.74, 6) is 0.509. The van der Waals surface area contributed by atoms with Crippen LogP contribution in [0.15, 0.2) is 0 Å². The molecule has 0 saturated carbocycles. The summed E-state index contributed by atoms with van der Waals surface area (Å²) in [5.41, 5.74) is 0. The molecule has 1 aliphatic rings. The van der Waals surface area contributed by atoms with Crippen LogP contribution < -0.4 is 5.32 Å². The van der Waals surface area contributed by atoms with Crippen LogP contribution in [0.2, 0.25) is 0 Å². The quantitative estimate of drug-likeness (QED) is 0.668. The van der Waals surface area contributed by atoms with E-state index in [2.05, 4.69) is 19.2 Å². The summed E-state index contributed by atoms with van der Waals surface area (Å²) in [7, 11) is 0. The average Bonchev–Trinajstić information content (AvgIpc) is 1.82. The Morgan fingerprint density at radius 2 is 1.92 bits per heavy atom. The number of hydrogen-bond donors (Lipinski definition) is 1. The Morgan fingerprint density at radius 3 is 2.25 bits per heavy atom. The number of hydrogen-bond acceptors (Lipinski definition) is 1.